The summed E-state index contributed by atoms with van der Waals surface area (Å²) in [6.07, 6.45) is -0.158. The van der Waals surface area contributed by atoms with Gasteiger partial charge in [-0.1, -0.05) is 18.5 Å². The molecule has 0 unspecified atom stereocenters. The van der Waals surface area contributed by atoms with E-state index in [-0.39, 0.29) is 40.1 Å². The number of nitrogens with one attached hydrogen (secondary N) is 2. The number of carbonyl (C=O) groups excluding carboxylic acids is 1. The van der Waals surface area contributed by atoms with Crippen molar-refractivity contribution in [1.29, 1.82) is 0 Å². The average molecular weight is 496 g/mol. The Morgan fingerprint density at radius 1 is 1.18 bits per heavy atom. The molecule has 2 N–H and O–H groups in total. The summed E-state index contributed by atoms with van der Waals surface area (Å²) in [7, 11) is -0.535. The van der Waals surface area contributed by atoms with Gasteiger partial charge in [-0.25, -0.2) is 8.42 Å². The van der Waals surface area contributed by atoms with Crippen LogP contribution in [-0.2, 0) is 14.8 Å². The van der Waals surface area contributed by atoms with Gasteiger partial charge in [-0.05, 0) is 55.3 Å². The van der Waals surface area contributed by atoms with E-state index in [1.165, 1.54) is 30.3 Å². The molecule has 0 spiro atoms. The molecule has 0 saturated heterocycles. The molecule has 2 aromatic rings. The Balaban J connectivity index is 1.93. The van der Waals surface area contributed by atoms with Crippen molar-refractivity contribution in [2.75, 3.05) is 38.6 Å². The second-order valence-corrected chi connectivity index (χ2v) is 10.4. The molecule has 1 amide bonds. The van der Waals surface area contributed by atoms with Crippen molar-refractivity contribution in [2.45, 2.75) is 30.9 Å². The largest absolute Gasteiger partial charge is 0.491 e. The van der Waals surface area contributed by atoms with Gasteiger partial charge in [0.25, 0.3) is 15.9 Å². The zero-order valence-corrected chi connectivity index (χ0v) is 20.7. The zero-order chi connectivity index (χ0) is 24.2. The third kappa shape index (κ3) is 6.38. The lowest BCUT2D eigenvalue weighted by Crippen LogP contribution is -2.44. The highest BCUT2D eigenvalue weighted by Gasteiger charge is 2.26. The summed E-state index contributed by atoms with van der Waals surface area (Å²) in [6.45, 7) is 5.53. The molecule has 0 saturated carbocycles. The van der Waals surface area contributed by atoms with Crippen LogP contribution in [0.15, 0.2) is 47.4 Å². The highest BCUT2D eigenvalue weighted by molar-refractivity contribution is 7.92. The molecular weight excluding hydrogens is 466 g/mol. The van der Waals surface area contributed by atoms with E-state index < -0.39 is 10.0 Å². The van der Waals surface area contributed by atoms with Crippen LogP contribution in [0.3, 0.4) is 0 Å². The molecule has 33 heavy (non-hydrogen) atoms. The maximum Gasteiger partial charge on any atom is 0.261 e. The van der Waals surface area contributed by atoms with E-state index >= 15 is 0 Å². The van der Waals surface area contributed by atoms with Gasteiger partial charge in [0.15, 0.2) is 0 Å². The van der Waals surface area contributed by atoms with Gasteiger partial charge in [-0.3, -0.25) is 9.52 Å². The average Bonchev–Trinajstić information content (AvgIpc) is 2.78. The monoisotopic (exact) mass is 495 g/mol. The van der Waals surface area contributed by atoms with Crippen molar-refractivity contribution in [3.63, 3.8) is 0 Å². The van der Waals surface area contributed by atoms with E-state index in [2.05, 4.69) is 17.0 Å². The summed E-state index contributed by atoms with van der Waals surface area (Å²) in [5, 5.41) is 3.86. The molecule has 0 fully saturated rings. The van der Waals surface area contributed by atoms with E-state index in [1.54, 1.807) is 31.2 Å². The van der Waals surface area contributed by atoms with Crippen LogP contribution >= 0.6 is 11.6 Å². The van der Waals surface area contributed by atoms with Crippen molar-refractivity contribution in [1.82, 2.24) is 10.2 Å². The van der Waals surface area contributed by atoms with Crippen molar-refractivity contribution in [3.05, 3.63) is 53.1 Å². The van der Waals surface area contributed by atoms with E-state index in [9.17, 15) is 13.2 Å². The lowest BCUT2D eigenvalue weighted by Gasteiger charge is -2.30. The maximum atomic E-state index is 13.3. The third-order valence-corrected chi connectivity index (χ3v) is 7.25. The number of halogens is 1. The van der Waals surface area contributed by atoms with Crippen LogP contribution in [-0.4, -0.2) is 65.2 Å². The van der Waals surface area contributed by atoms with Crippen LogP contribution in [0.4, 0.5) is 5.69 Å². The predicted molar refractivity (Wildman–Crippen MR) is 129 cm³/mol. The van der Waals surface area contributed by atoms with Gasteiger partial charge in [0.05, 0.1) is 16.6 Å². The van der Waals surface area contributed by atoms with Gasteiger partial charge in [0.2, 0.25) is 0 Å². The number of methoxy groups -OCH3 is 1. The van der Waals surface area contributed by atoms with Crippen LogP contribution in [0.5, 0.6) is 5.75 Å². The first-order valence-electron chi connectivity index (χ1n) is 10.7. The first-order valence-corrected chi connectivity index (χ1v) is 12.5. The van der Waals surface area contributed by atoms with Crippen LogP contribution in [0.1, 0.15) is 24.2 Å². The molecule has 1 aliphatic rings. The van der Waals surface area contributed by atoms with Gasteiger partial charge >= 0.3 is 0 Å². The van der Waals surface area contributed by atoms with E-state index in [4.69, 9.17) is 21.1 Å². The van der Waals surface area contributed by atoms with Crippen molar-refractivity contribution >= 4 is 33.2 Å². The number of rotatable bonds is 4. The summed E-state index contributed by atoms with van der Waals surface area (Å²) in [6, 6.07) is 10.6. The number of anilines is 1. The van der Waals surface area contributed by atoms with E-state index in [0.29, 0.717) is 23.9 Å². The minimum atomic E-state index is -3.86. The summed E-state index contributed by atoms with van der Waals surface area (Å²) in [5.41, 5.74) is 0.521. The molecule has 1 aliphatic heterocycles. The van der Waals surface area contributed by atoms with Crippen LogP contribution < -0.4 is 14.8 Å². The molecule has 3 rings (SSSR count). The standard InChI is InChI=1S/C23H30ClN3O5S/c1-15-12-25-16(2)14-32-21-10-7-18(11-20(21)23(28)27(3)13-22(15)31-4)26-33(29,30)19-8-5-17(24)6-9-19/h5-11,15-16,22,25-26H,12-14H2,1-4H3/t15-,16-,22+/m0/s1. The Morgan fingerprint density at radius 3 is 2.55 bits per heavy atom. The molecular formula is C23H30ClN3O5S. The van der Waals surface area contributed by atoms with Crippen molar-refractivity contribution in [2.24, 2.45) is 5.92 Å². The number of benzene rings is 2. The summed E-state index contributed by atoms with van der Waals surface area (Å²) in [4.78, 5) is 14.9. The van der Waals surface area contributed by atoms with Crippen molar-refractivity contribution in [3.8, 4) is 5.75 Å². The molecule has 0 aromatic heterocycles. The van der Waals surface area contributed by atoms with Crippen LogP contribution in [0, 0.1) is 5.92 Å². The minimum absolute atomic E-state index is 0.0492. The Bertz CT molecular complexity index is 1080. The first-order chi connectivity index (χ1) is 15.6. The van der Waals surface area contributed by atoms with Gasteiger partial charge in [0, 0.05) is 44.0 Å². The number of ether oxygens (including phenoxy) is 2. The summed E-state index contributed by atoms with van der Waals surface area (Å²) < 4.78 is 39.7. The molecule has 0 radical (unpaired) electrons. The van der Waals surface area contributed by atoms with Gasteiger partial charge in [0.1, 0.15) is 12.4 Å². The Labute approximate surface area is 200 Å². The molecule has 180 valence electrons. The Hall–Kier alpha value is -2.33. The molecule has 0 bridgehead atoms. The van der Waals surface area contributed by atoms with Crippen molar-refractivity contribution < 1.29 is 22.7 Å². The number of carbonyl (C=O) groups is 1. The number of amides is 1. The minimum Gasteiger partial charge on any atom is -0.491 e. The predicted octanol–water partition coefficient (Wildman–Crippen LogP) is 3.23. The first kappa shape index (κ1) is 25.3. The molecule has 2 aromatic carbocycles. The number of fused-ring (bicyclic) bond motifs is 1. The van der Waals surface area contributed by atoms with Gasteiger partial charge in [-0.15, -0.1) is 0 Å². The number of nitrogens with zero attached hydrogens (tertiary/aromatic N) is 1. The van der Waals surface area contributed by atoms with E-state index in [0.717, 1.165) is 6.54 Å². The van der Waals surface area contributed by atoms with Gasteiger partial charge in [-0.2, -0.15) is 0 Å². The summed E-state index contributed by atoms with van der Waals surface area (Å²) in [5.74, 6) is 0.273. The highest BCUT2D eigenvalue weighted by Crippen LogP contribution is 2.27. The topological polar surface area (TPSA) is 97.0 Å². The lowest BCUT2D eigenvalue weighted by atomic mass is 10.0. The third-order valence-electron chi connectivity index (χ3n) is 5.60. The molecule has 10 heteroatoms. The quantitative estimate of drug-likeness (QED) is 0.676. The maximum absolute atomic E-state index is 13.3. The Kier molecular flexibility index (Phi) is 8.23. The SMILES string of the molecule is CO[C@@H]1CN(C)C(=O)c2cc(NS(=O)(=O)c3ccc(Cl)cc3)ccc2OC[C@H](C)NC[C@@H]1C. The smallest absolute Gasteiger partial charge is 0.261 e. The lowest BCUT2D eigenvalue weighted by molar-refractivity contribution is 0.0281. The number of sulfonamides is 1. The van der Waals surface area contributed by atoms with Crippen LogP contribution in [0.25, 0.3) is 0 Å². The second-order valence-electron chi connectivity index (χ2n) is 8.33. The fourth-order valence-electron chi connectivity index (χ4n) is 3.55. The highest BCUT2D eigenvalue weighted by atomic mass is 35.5. The normalized spacial score (nSPS) is 22.5. The fourth-order valence-corrected chi connectivity index (χ4v) is 4.73. The fraction of sp³-hybridized carbons (Fsp3) is 0.435. The zero-order valence-electron chi connectivity index (χ0n) is 19.2. The second kappa shape index (κ2) is 10.7. The molecule has 8 nitrogen and oxygen atoms in total. The van der Waals surface area contributed by atoms with E-state index in [1.807, 2.05) is 6.92 Å². The summed E-state index contributed by atoms with van der Waals surface area (Å²) >= 11 is 5.86. The molecule has 0 aliphatic carbocycles. The van der Waals surface area contributed by atoms with Gasteiger partial charge < -0.3 is 19.7 Å². The number of hydrogen-bond donors (Lipinski definition) is 2. The number of hydrogen-bond acceptors (Lipinski definition) is 6. The molecule has 1 heterocycles. The van der Waals surface area contributed by atoms with Crippen LogP contribution in [0.2, 0.25) is 5.02 Å². The molecule has 3 atom stereocenters. The number of likely N-dealkylation sites (N-methyl/N-ethyl adjacent to an activating group) is 1. The Morgan fingerprint density at radius 2 is 1.88 bits per heavy atom.